The van der Waals surface area contributed by atoms with E-state index in [1.54, 1.807) is 0 Å². The van der Waals surface area contributed by atoms with Crippen LogP contribution in [0.15, 0.2) is 0 Å². The summed E-state index contributed by atoms with van der Waals surface area (Å²) in [6.07, 6.45) is 23.0. The van der Waals surface area contributed by atoms with Crippen LogP contribution in [0.1, 0.15) is 170 Å². The van der Waals surface area contributed by atoms with Crippen molar-refractivity contribution in [2.45, 2.75) is 170 Å². The second-order valence-electron chi connectivity index (χ2n) is 10.5. The van der Waals surface area contributed by atoms with Crippen molar-refractivity contribution in [3.05, 3.63) is 0 Å². The molecule has 0 amide bonds. The number of hydrogen-bond acceptors (Lipinski definition) is 4. The molecule has 2 N–H and O–H groups in total. The number of unbranched alkanes of at least 4 members (excludes halogenated alkanes) is 16. The molecular weight excluding hydrogens is 476 g/mol. The second-order valence-corrected chi connectivity index (χ2v) is 10.5. The smallest absolute Gasteiger partial charge is 0.303 e. The van der Waals surface area contributed by atoms with Crippen LogP contribution in [0.5, 0.6) is 0 Å². The fraction of sp³-hybridized carbons (Fsp3) is 0.875. The highest BCUT2D eigenvalue weighted by Gasteiger charge is 1.97. The summed E-state index contributed by atoms with van der Waals surface area (Å²) in [6.45, 7) is 11.9. The maximum atomic E-state index is 10.2. The first-order chi connectivity index (χ1) is 18.1. The Morgan fingerprint density at radius 1 is 0.500 bits per heavy atom. The maximum absolute atomic E-state index is 10.2. The van der Waals surface area contributed by atoms with Crippen LogP contribution < -0.4 is 0 Å². The predicted molar refractivity (Wildman–Crippen MR) is 160 cm³/mol. The molecule has 0 atom stereocenters. The molecule has 0 bridgehead atoms. The number of carboxylic acids is 2. The van der Waals surface area contributed by atoms with Gasteiger partial charge in [0, 0.05) is 24.7 Å². The van der Waals surface area contributed by atoms with Crippen LogP contribution in [0.2, 0.25) is 0 Å². The lowest BCUT2D eigenvalue weighted by Crippen LogP contribution is -1.93. The molecule has 0 heterocycles. The first-order valence-corrected chi connectivity index (χ1v) is 15.3. The van der Waals surface area contributed by atoms with Crippen LogP contribution in [-0.4, -0.2) is 22.2 Å². The summed E-state index contributed by atoms with van der Waals surface area (Å²) in [5.41, 5.74) is 0. The molecule has 6 heteroatoms. The Bertz CT molecular complexity index is 513. The number of aliphatic carboxylic acids is 2. The van der Waals surface area contributed by atoms with Crippen LogP contribution >= 0.6 is 0 Å². The topological polar surface area (TPSA) is 122 Å². The Balaban J connectivity index is -0.000000225. The number of hydrogen-bond donors (Lipinski definition) is 2. The molecule has 38 heavy (non-hydrogen) atoms. The van der Waals surface area contributed by atoms with E-state index in [0.29, 0.717) is 12.8 Å². The second kappa shape index (κ2) is 39.4. The third-order valence-corrected chi connectivity index (χ3v) is 5.50. The van der Waals surface area contributed by atoms with Crippen LogP contribution in [0.3, 0.4) is 0 Å². The highest BCUT2D eigenvalue weighted by atomic mass is 16.4. The lowest BCUT2D eigenvalue weighted by Gasteiger charge is -2.00. The normalized spacial score (nSPS) is 9.63. The van der Waals surface area contributed by atoms with Crippen molar-refractivity contribution in [2.75, 3.05) is 0 Å². The molecule has 0 rings (SSSR count). The zero-order valence-electron chi connectivity index (χ0n) is 25.9. The van der Waals surface area contributed by atoms with E-state index in [-0.39, 0.29) is 11.8 Å². The molecule has 0 aliphatic carbocycles. The lowest BCUT2D eigenvalue weighted by molar-refractivity contribution is -0.138. The molecule has 0 radical (unpaired) electrons. The van der Waals surface area contributed by atoms with Gasteiger partial charge in [-0.15, -0.1) is 0 Å². The van der Waals surface area contributed by atoms with Gasteiger partial charge in [-0.1, -0.05) is 117 Å². The highest BCUT2D eigenvalue weighted by molar-refractivity contribution is 5.66. The standard InChI is InChI=1S/2C12H24O2.2C4H7N/c2*1-2-3-4-5-6-7-8-9-10-11-12(13)14;2*1-4(2)3-5/h2*2-11H2,1H3,(H,13,14);2*4H,1-2H3. The Morgan fingerprint density at radius 2 is 0.684 bits per heavy atom. The summed E-state index contributed by atoms with van der Waals surface area (Å²) in [7, 11) is 0. The van der Waals surface area contributed by atoms with Gasteiger partial charge in [0.25, 0.3) is 0 Å². The summed E-state index contributed by atoms with van der Waals surface area (Å²) in [6, 6.07) is 4.06. The largest absolute Gasteiger partial charge is 0.481 e. The van der Waals surface area contributed by atoms with E-state index in [1.165, 1.54) is 89.9 Å². The van der Waals surface area contributed by atoms with E-state index in [1.807, 2.05) is 39.8 Å². The minimum atomic E-state index is -0.659. The van der Waals surface area contributed by atoms with E-state index in [9.17, 15) is 9.59 Å². The predicted octanol–water partition coefficient (Wildman–Crippen LogP) is 10.3. The maximum Gasteiger partial charge on any atom is 0.303 e. The number of carboxylic acid groups (broad SMARTS) is 2. The molecule has 224 valence electrons. The minimum Gasteiger partial charge on any atom is -0.481 e. The van der Waals surface area contributed by atoms with Crippen LogP contribution in [-0.2, 0) is 9.59 Å². The monoisotopic (exact) mass is 538 g/mol. The van der Waals surface area contributed by atoms with Gasteiger partial charge in [0.2, 0.25) is 0 Å². The van der Waals surface area contributed by atoms with Gasteiger partial charge in [-0.3, -0.25) is 9.59 Å². The summed E-state index contributed by atoms with van der Waals surface area (Å²) >= 11 is 0. The summed E-state index contributed by atoms with van der Waals surface area (Å²) in [5, 5.41) is 32.6. The van der Waals surface area contributed by atoms with Gasteiger partial charge in [-0.05, 0) is 40.5 Å². The Kier molecular flexibility index (Phi) is 44.6. The molecule has 0 aliphatic rings. The summed E-state index contributed by atoms with van der Waals surface area (Å²) in [4.78, 5) is 20.4. The molecule has 0 aliphatic heterocycles. The molecule has 0 saturated heterocycles. The molecule has 0 aromatic heterocycles. The molecular formula is C32H62N2O4. The zero-order chi connectivity index (χ0) is 29.9. The molecule has 0 unspecified atom stereocenters. The van der Waals surface area contributed by atoms with Gasteiger partial charge < -0.3 is 10.2 Å². The minimum absolute atomic E-state index is 0.190. The fourth-order valence-electron chi connectivity index (χ4n) is 3.17. The van der Waals surface area contributed by atoms with Gasteiger partial charge >= 0.3 is 11.9 Å². The quantitative estimate of drug-likeness (QED) is 0.149. The van der Waals surface area contributed by atoms with Crippen molar-refractivity contribution in [2.24, 2.45) is 11.8 Å². The van der Waals surface area contributed by atoms with E-state index < -0.39 is 11.9 Å². The number of nitrogens with zero attached hydrogens (tertiary/aromatic N) is 2. The Hall–Kier alpha value is -2.08. The van der Waals surface area contributed by atoms with Crippen molar-refractivity contribution >= 4 is 11.9 Å². The fourth-order valence-corrected chi connectivity index (χ4v) is 3.17. The zero-order valence-corrected chi connectivity index (χ0v) is 25.9. The molecule has 0 aromatic carbocycles. The number of carbonyl (C=O) groups is 2. The van der Waals surface area contributed by atoms with E-state index in [4.69, 9.17) is 20.7 Å². The van der Waals surface area contributed by atoms with Crippen LogP contribution in [0.25, 0.3) is 0 Å². The van der Waals surface area contributed by atoms with Crippen molar-refractivity contribution < 1.29 is 19.8 Å². The van der Waals surface area contributed by atoms with Gasteiger partial charge in [0.1, 0.15) is 0 Å². The first-order valence-electron chi connectivity index (χ1n) is 15.3. The van der Waals surface area contributed by atoms with Crippen molar-refractivity contribution in [3.8, 4) is 12.1 Å². The summed E-state index contributed by atoms with van der Waals surface area (Å²) in [5.74, 6) is -0.939. The van der Waals surface area contributed by atoms with Crippen LogP contribution in [0, 0.1) is 34.5 Å². The average molecular weight is 539 g/mol. The molecule has 6 nitrogen and oxygen atoms in total. The van der Waals surface area contributed by atoms with Crippen molar-refractivity contribution in [1.29, 1.82) is 10.5 Å². The van der Waals surface area contributed by atoms with Crippen molar-refractivity contribution in [3.63, 3.8) is 0 Å². The van der Waals surface area contributed by atoms with E-state index >= 15 is 0 Å². The molecule has 0 fully saturated rings. The van der Waals surface area contributed by atoms with Crippen molar-refractivity contribution in [1.82, 2.24) is 0 Å². The lowest BCUT2D eigenvalue weighted by atomic mass is 10.1. The summed E-state index contributed by atoms with van der Waals surface area (Å²) < 4.78 is 0. The van der Waals surface area contributed by atoms with Gasteiger partial charge in [-0.2, -0.15) is 10.5 Å². The molecule has 0 aromatic rings. The van der Waals surface area contributed by atoms with Gasteiger partial charge in [0.15, 0.2) is 0 Å². The van der Waals surface area contributed by atoms with Gasteiger partial charge in [-0.25, -0.2) is 0 Å². The molecule has 0 spiro atoms. The highest BCUT2D eigenvalue weighted by Crippen LogP contribution is 2.11. The van der Waals surface area contributed by atoms with Crippen LogP contribution in [0.4, 0.5) is 0 Å². The Labute approximate surface area is 236 Å². The first kappa shape index (κ1) is 43.0. The average Bonchev–Trinajstić information content (AvgIpc) is 2.87. The van der Waals surface area contributed by atoms with E-state index in [0.717, 1.165) is 25.7 Å². The van der Waals surface area contributed by atoms with E-state index in [2.05, 4.69) is 13.8 Å². The third-order valence-electron chi connectivity index (χ3n) is 5.50. The third kappa shape index (κ3) is 64.2. The number of rotatable bonds is 20. The Morgan fingerprint density at radius 3 is 0.842 bits per heavy atom. The van der Waals surface area contributed by atoms with Gasteiger partial charge in [0.05, 0.1) is 12.1 Å². The number of nitriles is 2. The SMILES string of the molecule is CC(C)C#N.CC(C)C#N.CCCCCCCCCCCC(=O)O.CCCCCCCCCCCC(=O)O. The molecule has 0 saturated carbocycles.